The summed E-state index contributed by atoms with van der Waals surface area (Å²) in [5.74, 6) is 0.890. The molecule has 0 spiro atoms. The van der Waals surface area contributed by atoms with Crippen LogP contribution >= 0.6 is 11.6 Å². The molecule has 20 heavy (non-hydrogen) atoms. The summed E-state index contributed by atoms with van der Waals surface area (Å²) in [5.41, 5.74) is 2.89. The van der Waals surface area contributed by atoms with Crippen LogP contribution in [0.25, 0.3) is 0 Å². The number of halogens is 1. The first-order valence-electron chi connectivity index (χ1n) is 7.11. The number of hydrogen-bond acceptors (Lipinski definition) is 3. The van der Waals surface area contributed by atoms with Crippen molar-refractivity contribution in [1.82, 2.24) is 5.32 Å². The van der Waals surface area contributed by atoms with Gasteiger partial charge in [-0.05, 0) is 54.7 Å². The third-order valence-corrected chi connectivity index (χ3v) is 3.90. The number of hydrogen-bond donors (Lipinski definition) is 1. The molecule has 1 aromatic carbocycles. The van der Waals surface area contributed by atoms with E-state index in [9.17, 15) is 0 Å². The van der Waals surface area contributed by atoms with Crippen LogP contribution in [0.2, 0.25) is 5.22 Å². The summed E-state index contributed by atoms with van der Waals surface area (Å²) in [4.78, 5) is 2.47. The molecule has 0 aliphatic carbocycles. The Morgan fingerprint density at radius 3 is 2.95 bits per heavy atom. The van der Waals surface area contributed by atoms with Crippen LogP contribution in [-0.4, -0.2) is 19.6 Å². The van der Waals surface area contributed by atoms with Gasteiger partial charge in [-0.15, -0.1) is 0 Å². The van der Waals surface area contributed by atoms with E-state index in [1.54, 1.807) is 6.07 Å². The topological polar surface area (TPSA) is 28.4 Å². The largest absolute Gasteiger partial charge is 0.448 e. The van der Waals surface area contributed by atoms with Gasteiger partial charge in [-0.25, -0.2) is 0 Å². The molecule has 3 nitrogen and oxygen atoms in total. The Morgan fingerprint density at radius 2 is 2.10 bits per heavy atom. The molecule has 0 saturated heterocycles. The van der Waals surface area contributed by atoms with Crippen molar-refractivity contribution >= 4 is 17.3 Å². The smallest absolute Gasteiger partial charge is 0.193 e. The van der Waals surface area contributed by atoms with E-state index in [-0.39, 0.29) is 0 Å². The van der Waals surface area contributed by atoms with Gasteiger partial charge in [-0.2, -0.15) is 0 Å². The highest BCUT2D eigenvalue weighted by Crippen LogP contribution is 2.27. The number of fused-ring (bicyclic) bond motifs is 1. The second-order valence-corrected chi connectivity index (χ2v) is 5.47. The molecule has 1 aliphatic heterocycles. The Balaban J connectivity index is 1.39. The number of nitrogens with one attached hydrogen (secondary N) is 1. The fraction of sp³-hybridized carbons (Fsp3) is 0.375. The first-order valence-corrected chi connectivity index (χ1v) is 7.48. The lowest BCUT2D eigenvalue weighted by Gasteiger charge is -2.19. The zero-order valence-electron chi connectivity index (χ0n) is 11.4. The molecule has 1 aliphatic rings. The van der Waals surface area contributed by atoms with Crippen molar-refractivity contribution in [3.05, 3.63) is 52.9 Å². The Morgan fingerprint density at radius 1 is 1.20 bits per heavy atom. The zero-order chi connectivity index (χ0) is 13.8. The molecule has 0 atom stereocenters. The van der Waals surface area contributed by atoms with E-state index < -0.39 is 0 Å². The highest BCUT2D eigenvalue weighted by Gasteiger charge is 2.17. The van der Waals surface area contributed by atoms with E-state index in [1.807, 2.05) is 6.07 Å². The number of rotatable bonds is 6. The standard InChI is InChI=1S/C16H19ClN2O/c17-16-7-6-14(20-16)12-18-9-3-10-19-11-8-13-4-1-2-5-15(13)19/h1-2,4-7,18H,3,8-12H2. The van der Waals surface area contributed by atoms with E-state index in [0.717, 1.165) is 38.4 Å². The van der Waals surface area contributed by atoms with Gasteiger partial charge in [-0.3, -0.25) is 0 Å². The number of anilines is 1. The van der Waals surface area contributed by atoms with Crippen molar-refractivity contribution in [2.24, 2.45) is 0 Å². The lowest BCUT2D eigenvalue weighted by atomic mass is 10.2. The van der Waals surface area contributed by atoms with Crippen molar-refractivity contribution in [2.75, 3.05) is 24.5 Å². The molecule has 2 aromatic rings. The van der Waals surface area contributed by atoms with Gasteiger partial charge < -0.3 is 14.6 Å². The van der Waals surface area contributed by atoms with Crippen LogP contribution in [0, 0.1) is 0 Å². The summed E-state index contributed by atoms with van der Waals surface area (Å²) in [6.07, 6.45) is 2.30. The molecule has 0 bridgehead atoms. The van der Waals surface area contributed by atoms with Crippen molar-refractivity contribution < 1.29 is 4.42 Å². The molecule has 3 rings (SSSR count). The van der Waals surface area contributed by atoms with E-state index in [4.69, 9.17) is 16.0 Å². The van der Waals surface area contributed by atoms with Crippen LogP contribution in [0.5, 0.6) is 0 Å². The van der Waals surface area contributed by atoms with Gasteiger partial charge in [0.1, 0.15) is 5.76 Å². The predicted octanol–water partition coefficient (Wildman–Crippen LogP) is 3.48. The van der Waals surface area contributed by atoms with E-state index >= 15 is 0 Å². The Bertz CT molecular complexity index is 567. The highest BCUT2D eigenvalue weighted by atomic mass is 35.5. The Kier molecular flexibility index (Phi) is 4.28. The minimum Gasteiger partial charge on any atom is -0.448 e. The first kappa shape index (κ1) is 13.5. The second kappa shape index (κ2) is 6.33. The van der Waals surface area contributed by atoms with Gasteiger partial charge in [0.05, 0.1) is 6.54 Å². The number of furan rings is 1. The number of benzene rings is 1. The summed E-state index contributed by atoms with van der Waals surface area (Å²) in [7, 11) is 0. The van der Waals surface area contributed by atoms with Gasteiger partial charge in [0.25, 0.3) is 0 Å². The normalized spacial score (nSPS) is 13.8. The Labute approximate surface area is 124 Å². The van der Waals surface area contributed by atoms with Crippen LogP contribution in [0.15, 0.2) is 40.8 Å². The maximum Gasteiger partial charge on any atom is 0.193 e. The Hall–Kier alpha value is -1.45. The van der Waals surface area contributed by atoms with Crippen molar-refractivity contribution in [1.29, 1.82) is 0 Å². The molecule has 1 N–H and O–H groups in total. The predicted molar refractivity (Wildman–Crippen MR) is 82.4 cm³/mol. The highest BCUT2D eigenvalue weighted by molar-refractivity contribution is 6.28. The average Bonchev–Trinajstić information content (AvgIpc) is 3.05. The fourth-order valence-corrected chi connectivity index (χ4v) is 2.85. The van der Waals surface area contributed by atoms with E-state index in [0.29, 0.717) is 5.22 Å². The van der Waals surface area contributed by atoms with Crippen LogP contribution in [0.1, 0.15) is 17.7 Å². The summed E-state index contributed by atoms with van der Waals surface area (Å²) >= 11 is 5.73. The number of para-hydroxylation sites is 1. The minimum absolute atomic E-state index is 0.454. The van der Waals surface area contributed by atoms with Gasteiger partial charge in [0.15, 0.2) is 5.22 Å². The van der Waals surface area contributed by atoms with Crippen LogP contribution in [-0.2, 0) is 13.0 Å². The number of nitrogens with zero attached hydrogens (tertiary/aromatic N) is 1. The van der Waals surface area contributed by atoms with Crippen molar-refractivity contribution in [2.45, 2.75) is 19.4 Å². The lowest BCUT2D eigenvalue weighted by Crippen LogP contribution is -2.25. The summed E-state index contributed by atoms with van der Waals surface area (Å²) in [6.45, 7) is 3.97. The monoisotopic (exact) mass is 290 g/mol. The van der Waals surface area contributed by atoms with Gasteiger partial charge in [0, 0.05) is 18.8 Å². The first-order chi connectivity index (χ1) is 9.83. The van der Waals surface area contributed by atoms with Gasteiger partial charge in [0.2, 0.25) is 0 Å². The second-order valence-electron chi connectivity index (χ2n) is 5.10. The van der Waals surface area contributed by atoms with E-state index in [2.05, 4.69) is 34.5 Å². The fourth-order valence-electron chi connectivity index (χ4n) is 2.69. The third kappa shape index (κ3) is 3.17. The lowest BCUT2D eigenvalue weighted by molar-refractivity contribution is 0.482. The quantitative estimate of drug-likeness (QED) is 0.826. The molecule has 1 aromatic heterocycles. The van der Waals surface area contributed by atoms with Crippen LogP contribution in [0.4, 0.5) is 5.69 Å². The third-order valence-electron chi connectivity index (χ3n) is 3.69. The van der Waals surface area contributed by atoms with Crippen LogP contribution < -0.4 is 10.2 Å². The van der Waals surface area contributed by atoms with Crippen molar-refractivity contribution in [3.63, 3.8) is 0 Å². The molecule has 0 fully saturated rings. The van der Waals surface area contributed by atoms with Crippen molar-refractivity contribution in [3.8, 4) is 0 Å². The van der Waals surface area contributed by atoms with E-state index in [1.165, 1.54) is 17.7 Å². The summed E-state index contributed by atoms with van der Waals surface area (Å²) in [6, 6.07) is 12.4. The molecular weight excluding hydrogens is 272 g/mol. The molecule has 0 unspecified atom stereocenters. The zero-order valence-corrected chi connectivity index (χ0v) is 12.2. The minimum atomic E-state index is 0.454. The molecule has 4 heteroatoms. The molecule has 0 saturated carbocycles. The molecular formula is C16H19ClN2O. The van der Waals surface area contributed by atoms with Gasteiger partial charge in [-0.1, -0.05) is 18.2 Å². The molecule has 0 radical (unpaired) electrons. The molecule has 106 valence electrons. The summed E-state index contributed by atoms with van der Waals surface area (Å²) < 4.78 is 5.30. The maximum absolute atomic E-state index is 5.73. The summed E-state index contributed by atoms with van der Waals surface area (Å²) in [5, 5.41) is 3.84. The van der Waals surface area contributed by atoms with Gasteiger partial charge >= 0.3 is 0 Å². The average molecular weight is 291 g/mol. The molecule has 2 heterocycles. The maximum atomic E-state index is 5.73. The van der Waals surface area contributed by atoms with Crippen LogP contribution in [0.3, 0.4) is 0 Å². The SMILES string of the molecule is Clc1ccc(CNCCCN2CCc3ccccc32)o1. The molecule has 0 amide bonds.